The Hall–Kier alpha value is -8.30. The first-order valence-electron chi connectivity index (χ1n) is 34.7. The number of carboxylic acid groups (broad SMARTS) is 1. The van der Waals surface area contributed by atoms with Crippen molar-refractivity contribution < 1.29 is 91.7 Å². The van der Waals surface area contributed by atoms with E-state index in [0.717, 1.165) is 58.5 Å². The fourth-order valence-electron chi connectivity index (χ4n) is 10.4. The van der Waals surface area contributed by atoms with Gasteiger partial charge in [0.25, 0.3) is 0 Å². The molecule has 0 spiro atoms. The van der Waals surface area contributed by atoms with E-state index in [1.54, 1.807) is 59.7 Å². The number of nitrogens with zero attached hydrogens (tertiary/aromatic N) is 13. The minimum atomic E-state index is -2.89. The molecule has 10 atom stereocenters. The second-order valence-electron chi connectivity index (χ2n) is 26.1. The predicted molar refractivity (Wildman–Crippen MR) is 438 cm³/mol. The number of fused-ring (bicyclic) bond motifs is 4. The van der Waals surface area contributed by atoms with Gasteiger partial charge >= 0.3 is 13.1 Å². The van der Waals surface area contributed by atoms with Crippen LogP contribution in [-0.4, -0.2) is 228 Å². The van der Waals surface area contributed by atoms with Crippen molar-refractivity contribution in [3.63, 3.8) is 0 Å². The summed E-state index contributed by atoms with van der Waals surface area (Å²) in [7, 11) is 0.365. The van der Waals surface area contributed by atoms with E-state index in [2.05, 4.69) is 120 Å². The third-order valence-corrected chi connectivity index (χ3v) is 25.1. The van der Waals surface area contributed by atoms with E-state index in [9.17, 15) is 72.3 Å². The summed E-state index contributed by atoms with van der Waals surface area (Å²) >= 11 is 15.6. The van der Waals surface area contributed by atoms with Gasteiger partial charge in [-0.15, -0.1) is 54.4 Å². The number of amides is 3. The fourth-order valence-corrected chi connectivity index (χ4v) is 16.4. The zero-order valence-corrected chi connectivity index (χ0v) is 70.5. The molecule has 0 aromatic carbocycles. The van der Waals surface area contributed by atoms with Gasteiger partial charge in [-0.1, -0.05) is 30.3 Å². The van der Waals surface area contributed by atoms with Crippen LogP contribution in [0.5, 0.6) is 0 Å². The summed E-state index contributed by atoms with van der Waals surface area (Å²) in [5.74, 6) is -3.18. The Labute approximate surface area is 706 Å². The summed E-state index contributed by atoms with van der Waals surface area (Å²) in [5, 5.41) is 51.9. The summed E-state index contributed by atoms with van der Waals surface area (Å²) < 4.78 is 124. The molecule has 9 N–H and O–H groups in total. The Morgan fingerprint density at radius 1 is 0.547 bits per heavy atom. The van der Waals surface area contributed by atoms with Crippen LogP contribution < -0.4 is 31.8 Å². The van der Waals surface area contributed by atoms with Gasteiger partial charge in [-0.25, -0.2) is 61.1 Å². The van der Waals surface area contributed by atoms with Crippen molar-refractivity contribution in [3.8, 4) is 21.1 Å². The highest BCUT2D eigenvalue weighted by molar-refractivity contribution is 9.10. The van der Waals surface area contributed by atoms with Crippen LogP contribution in [0.1, 0.15) is 56.3 Å². The van der Waals surface area contributed by atoms with Crippen molar-refractivity contribution in [1.82, 2.24) is 68.6 Å². The molecule has 13 heterocycles. The fraction of sp³-hybridized carbons (Fsp3) is 0.358. The van der Waals surface area contributed by atoms with Crippen molar-refractivity contribution in [3.05, 3.63) is 133 Å². The van der Waals surface area contributed by atoms with Gasteiger partial charge in [-0.2, -0.15) is 19.9 Å². The summed E-state index contributed by atoms with van der Waals surface area (Å²) in [6.45, 7) is 3.07. The first kappa shape index (κ1) is 91.0. The minimum absolute atomic E-state index is 0.147. The van der Waals surface area contributed by atoms with Gasteiger partial charge in [0, 0.05) is 63.7 Å². The molecule has 624 valence electrons. The van der Waals surface area contributed by atoms with E-state index in [4.69, 9.17) is 36.7 Å². The van der Waals surface area contributed by atoms with Crippen LogP contribution in [-0.2, 0) is 59.4 Å². The summed E-state index contributed by atoms with van der Waals surface area (Å²) in [5.41, 5.74) is 9.51. The number of carbonyl (C=O) groups excluding carboxylic acids is 6. The Morgan fingerprint density at radius 2 is 0.923 bits per heavy atom. The Kier molecular flexibility index (Phi) is 32.0. The SMILES string of the molecule is Nc1nc2cccc(Br)n2n1.O=C(Cl)[C@H]1C[C@H]1F.O=C(Nc1nc2cccc(-c3ccc(CN4CCS(=O)(=O)CC4)s3)n2n1)[C@H]1C[C@H]1F.O=C(Nc1nc2cccc(Br)n2n1)[C@H]1C[C@H]1F.O=C(O)[C@H]1C[C@H]1F.O=Cc1ccc(-c2cccc3nc(NC(=O)[C@H]4C[C@H]4F)nn23)s1.O=Cc1ccc(B(O)O)s1.O=S(Cl)Cl.O=S1(=O)CCNCC1. The Balaban J connectivity index is 0.000000148. The van der Waals surface area contributed by atoms with Crippen LogP contribution in [0.2, 0.25) is 0 Å². The molecule has 11 aromatic heterocycles. The van der Waals surface area contributed by atoms with Crippen LogP contribution in [0.15, 0.2) is 118 Å². The number of anilines is 4. The number of carboxylic acids is 1. The van der Waals surface area contributed by atoms with Crippen molar-refractivity contribution in [2.45, 2.75) is 69.5 Å². The average Bonchev–Trinajstić information content (AvgIpc) is 1.70. The number of pyridine rings is 4. The molecular weight excluding hydrogens is 1860 g/mol. The molecule has 5 aliphatic carbocycles. The second-order valence-corrected chi connectivity index (χ2v) is 38.7. The number of alkyl halides is 5. The topological polar surface area (TPSA) is 464 Å². The number of rotatable bonds is 15. The standard InChI is InChI=1S/C19H20FN5O3S2.C15H11FN4O2S.C10H8BrFN4O.C6H5BrN4.C5H5BO3S.C4H4ClFO.C4H5FO2.C4H9NO2S.Cl2OS/c20-14-10-13(14)18(26)22-19-21-17-3-1-2-15(25(17)23-19)16-5-4-12(29-16)11-24-6-8-30(27,28)9-7-24;16-10-6-9(10)14(22)18-15-17-13-3-1-2-11(20(13)19-15)12-5-4-8(7-21)23-12;11-7-2-1-3-8-13-10(15-16(7)8)14-9(17)5-4-6(5)12;7-4-2-1-3-5-9-6(8)10-11(4)5;7-3-4-1-2-5(10-4)6(8)9;5-4(7)2-1-3(2)6;5-3-1-2(3)4(6)7;6-8(7)3-1-5-2-4-8;1-4(2)3/h1-5,13-14H,6-11H2,(H,22,23,26);1-5,7,9-10H,6H2,(H,18,19,22);1-3,5-6H,4H2,(H,14,15,17);1-3H,(H2,8,10);1-3,8-9H;2-3H,1H2;2-3H,1H2,(H,6,7);5H,1-4H2;/t13-,14+;9-,10+;5-,6+;;;2*2-,3+;;/m000..00../s1. The number of thiophene rings is 3. The number of nitrogens with two attached hydrogens (primary N) is 1. The average molecular weight is 1930 g/mol. The third kappa shape index (κ3) is 27.1. The van der Waals surface area contributed by atoms with Crippen molar-refractivity contribution in [1.29, 1.82) is 0 Å². The zero-order chi connectivity index (χ0) is 84.7. The summed E-state index contributed by atoms with van der Waals surface area (Å²) in [4.78, 5) is 98.8. The Morgan fingerprint density at radius 3 is 1.26 bits per heavy atom. The number of carbonyl (C=O) groups is 7. The molecule has 2 saturated heterocycles. The molecule has 33 nitrogen and oxygen atoms in total. The molecule has 117 heavy (non-hydrogen) atoms. The number of nitrogen functional groups attached to an aromatic ring is 1. The molecule has 0 radical (unpaired) electrons. The van der Waals surface area contributed by atoms with Gasteiger partial charge in [-0.05, 0) is 154 Å². The lowest BCUT2D eigenvalue weighted by atomic mass is 9.90. The minimum Gasteiger partial charge on any atom is -0.481 e. The number of hydrogen-bond acceptors (Lipinski definition) is 28. The normalized spacial score (nSPS) is 21.7. The lowest BCUT2D eigenvalue weighted by molar-refractivity contribution is -0.139. The molecule has 0 bridgehead atoms. The van der Waals surface area contributed by atoms with E-state index in [-0.39, 0.29) is 66.4 Å². The summed E-state index contributed by atoms with van der Waals surface area (Å²) in [6.07, 6.45) is -2.31. The maximum Gasteiger partial charge on any atom is 0.499 e. The molecular formula is C67H67BBr2Cl3F5N18O15S6. The van der Waals surface area contributed by atoms with Crippen LogP contribution in [0.4, 0.5) is 45.7 Å². The molecule has 5 saturated carbocycles. The monoisotopic (exact) mass is 1920 g/mol. The molecule has 0 unspecified atom stereocenters. The number of halogens is 10. The maximum atomic E-state index is 13.1. The molecule has 11 aromatic rings. The van der Waals surface area contributed by atoms with E-state index < -0.39 is 114 Å². The molecule has 3 amide bonds. The van der Waals surface area contributed by atoms with Gasteiger partial charge in [0.05, 0.1) is 83.5 Å². The van der Waals surface area contributed by atoms with Crippen molar-refractivity contribution in [2.75, 3.05) is 70.9 Å². The highest BCUT2D eigenvalue weighted by atomic mass is 79.9. The lowest BCUT2D eigenvalue weighted by Gasteiger charge is -2.25. The maximum absolute atomic E-state index is 13.1. The Bertz CT molecular complexity index is 5630. The van der Waals surface area contributed by atoms with Crippen LogP contribution in [0.3, 0.4) is 0 Å². The highest BCUT2D eigenvalue weighted by Crippen LogP contribution is 2.39. The second kappa shape index (κ2) is 41.1. The predicted octanol–water partition coefficient (Wildman–Crippen LogP) is 8.24. The summed E-state index contributed by atoms with van der Waals surface area (Å²) in [6, 6.07) is 32.7. The quantitative estimate of drug-likeness (QED) is 0.0157. The highest BCUT2D eigenvalue weighted by Gasteiger charge is 2.47. The molecule has 7 aliphatic rings. The number of aliphatic carboxylic acids is 1. The van der Waals surface area contributed by atoms with E-state index in [1.807, 2.05) is 72.8 Å². The largest absolute Gasteiger partial charge is 0.499 e. The number of nitrogens with one attached hydrogen (secondary N) is 4. The molecule has 18 rings (SSSR count). The molecule has 7 fully saturated rings. The van der Waals surface area contributed by atoms with E-state index in [0.29, 0.717) is 94.8 Å². The van der Waals surface area contributed by atoms with E-state index in [1.165, 1.54) is 17.4 Å². The van der Waals surface area contributed by atoms with Crippen molar-refractivity contribution >= 4 is 228 Å². The van der Waals surface area contributed by atoms with E-state index >= 15 is 0 Å². The lowest BCUT2D eigenvalue weighted by Crippen LogP contribution is -2.39. The van der Waals surface area contributed by atoms with Gasteiger partial charge in [-0.3, -0.25) is 54.4 Å². The van der Waals surface area contributed by atoms with Crippen LogP contribution in [0, 0.1) is 29.6 Å². The van der Waals surface area contributed by atoms with Gasteiger partial charge < -0.3 is 26.2 Å². The number of sulfone groups is 2. The number of hydrogen-bond donors (Lipinski definition) is 8. The van der Waals surface area contributed by atoms with Crippen LogP contribution >= 0.6 is 98.8 Å². The van der Waals surface area contributed by atoms with Crippen LogP contribution in [0.25, 0.3) is 43.7 Å². The molecule has 50 heteroatoms. The third-order valence-electron chi connectivity index (χ3n) is 17.2. The van der Waals surface area contributed by atoms with Gasteiger partial charge in [0.1, 0.15) is 40.1 Å². The van der Waals surface area contributed by atoms with Gasteiger partial charge in [0.2, 0.25) is 56.0 Å². The number of aromatic nitrogens is 12. The zero-order valence-electron chi connectivity index (χ0n) is 60.2. The smallest absolute Gasteiger partial charge is 0.481 e. The first-order chi connectivity index (χ1) is 55.6. The van der Waals surface area contributed by atoms with Crippen molar-refractivity contribution in [2.24, 2.45) is 29.6 Å². The first-order valence-corrected chi connectivity index (χ1v) is 45.6. The molecule has 2 aliphatic heterocycles. The number of aldehydes is 2. The van der Waals surface area contributed by atoms with Gasteiger partial charge in [0.15, 0.2) is 54.8 Å².